The van der Waals surface area contributed by atoms with Gasteiger partial charge in [0.15, 0.2) is 11.6 Å². The fraction of sp³-hybridized carbons (Fsp3) is 0.143. The highest BCUT2D eigenvalue weighted by Crippen LogP contribution is 2.15. The molecule has 0 radical (unpaired) electrons. The number of fused-ring (bicyclic) bond motifs is 1. The predicted octanol–water partition coefficient (Wildman–Crippen LogP) is 1.18. The van der Waals surface area contributed by atoms with Crippen LogP contribution in [0.15, 0.2) is 35.1 Å². The van der Waals surface area contributed by atoms with Crippen molar-refractivity contribution in [1.29, 1.82) is 0 Å². The van der Waals surface area contributed by atoms with Crippen molar-refractivity contribution in [2.24, 2.45) is 0 Å². The quantitative estimate of drug-likeness (QED) is 0.728. The van der Waals surface area contributed by atoms with Crippen molar-refractivity contribution in [2.75, 3.05) is 0 Å². The van der Waals surface area contributed by atoms with Gasteiger partial charge < -0.3 is 10.1 Å². The molecule has 0 atom stereocenters. The van der Waals surface area contributed by atoms with Crippen molar-refractivity contribution in [3.63, 3.8) is 0 Å². The molecule has 0 spiro atoms. The lowest BCUT2D eigenvalue weighted by atomic mass is 10.2. The van der Waals surface area contributed by atoms with Crippen LogP contribution in [0.5, 0.6) is 0 Å². The third-order valence-corrected chi connectivity index (χ3v) is 2.90. The average Bonchev–Trinajstić information content (AvgIpc) is 2.46. The maximum Gasteiger partial charge on any atom is 0.259 e. The Balaban J connectivity index is 2.24. The summed E-state index contributed by atoms with van der Waals surface area (Å²) in [6.45, 7) is 1.54. The van der Waals surface area contributed by atoms with E-state index in [4.69, 9.17) is 5.11 Å². The van der Waals surface area contributed by atoms with E-state index in [1.54, 1.807) is 31.2 Å². The number of aliphatic hydroxyl groups excluding tert-OH is 1. The van der Waals surface area contributed by atoms with Crippen LogP contribution < -0.4 is 5.56 Å². The number of H-pyrrole nitrogens is 1. The highest BCUT2D eigenvalue weighted by Gasteiger charge is 2.09. The Morgan fingerprint density at radius 3 is 2.80 bits per heavy atom. The summed E-state index contributed by atoms with van der Waals surface area (Å²) < 4.78 is 0. The minimum absolute atomic E-state index is 0.215. The molecule has 2 N–H and O–H groups in total. The van der Waals surface area contributed by atoms with Crippen LogP contribution in [0.3, 0.4) is 0 Å². The minimum atomic E-state index is -0.257. The van der Waals surface area contributed by atoms with Crippen LogP contribution in [-0.4, -0.2) is 25.0 Å². The number of nitrogens with one attached hydrogen (secondary N) is 1. The summed E-state index contributed by atoms with van der Waals surface area (Å²) in [6, 6.07) is 8.82. The largest absolute Gasteiger partial charge is 0.388 e. The number of hydrogen-bond donors (Lipinski definition) is 2. The third-order valence-electron chi connectivity index (χ3n) is 2.90. The Labute approximate surface area is 114 Å². The van der Waals surface area contributed by atoms with Crippen LogP contribution in [0.2, 0.25) is 0 Å². The smallest absolute Gasteiger partial charge is 0.259 e. The van der Waals surface area contributed by atoms with Crippen LogP contribution in [0, 0.1) is 6.92 Å². The van der Waals surface area contributed by atoms with Crippen LogP contribution in [0.1, 0.15) is 11.5 Å². The van der Waals surface area contributed by atoms with Crippen molar-refractivity contribution in [1.82, 2.24) is 19.9 Å². The molecular formula is C14H12N4O2. The molecule has 3 rings (SSSR count). The van der Waals surface area contributed by atoms with E-state index in [1.165, 1.54) is 0 Å². The first kappa shape index (κ1) is 12.4. The molecule has 0 aliphatic carbocycles. The molecule has 1 aromatic carbocycles. The van der Waals surface area contributed by atoms with Gasteiger partial charge in [0.2, 0.25) is 0 Å². The van der Waals surface area contributed by atoms with Gasteiger partial charge in [-0.05, 0) is 25.1 Å². The second-order valence-corrected chi connectivity index (χ2v) is 4.40. The Bertz CT molecular complexity index is 842. The van der Waals surface area contributed by atoms with E-state index in [0.29, 0.717) is 33.9 Å². The number of benzene rings is 1. The molecule has 0 saturated carbocycles. The van der Waals surface area contributed by atoms with Crippen molar-refractivity contribution < 1.29 is 5.11 Å². The first-order valence-electron chi connectivity index (χ1n) is 6.12. The standard InChI is InChI=1S/C14H12N4O2/c1-8-6-11(16-12(7-19)15-8)13-17-10-5-3-2-4-9(10)14(20)18-13/h2-6,19H,7H2,1H3,(H,17,18,20). The number of para-hydroxylation sites is 1. The van der Waals surface area contributed by atoms with Gasteiger partial charge in [-0.15, -0.1) is 0 Å². The topological polar surface area (TPSA) is 91.8 Å². The molecule has 0 unspecified atom stereocenters. The van der Waals surface area contributed by atoms with Gasteiger partial charge in [0, 0.05) is 5.69 Å². The summed E-state index contributed by atoms with van der Waals surface area (Å²) >= 11 is 0. The predicted molar refractivity (Wildman–Crippen MR) is 74.0 cm³/mol. The molecule has 6 nitrogen and oxygen atoms in total. The number of rotatable bonds is 2. The van der Waals surface area contributed by atoms with E-state index in [9.17, 15) is 4.79 Å². The monoisotopic (exact) mass is 268 g/mol. The van der Waals surface area contributed by atoms with Gasteiger partial charge in [-0.3, -0.25) is 4.79 Å². The number of aromatic nitrogens is 4. The molecule has 20 heavy (non-hydrogen) atoms. The van der Waals surface area contributed by atoms with E-state index >= 15 is 0 Å². The molecule has 0 aliphatic rings. The second-order valence-electron chi connectivity index (χ2n) is 4.40. The number of aryl methyl sites for hydroxylation is 1. The van der Waals surface area contributed by atoms with Gasteiger partial charge in [-0.2, -0.15) is 0 Å². The number of hydrogen-bond acceptors (Lipinski definition) is 5. The van der Waals surface area contributed by atoms with Gasteiger partial charge >= 0.3 is 0 Å². The van der Waals surface area contributed by atoms with Crippen LogP contribution in [0.25, 0.3) is 22.4 Å². The number of aliphatic hydroxyl groups is 1. The normalized spacial score (nSPS) is 10.9. The van der Waals surface area contributed by atoms with Crippen LogP contribution >= 0.6 is 0 Å². The zero-order valence-electron chi connectivity index (χ0n) is 10.8. The fourth-order valence-electron chi connectivity index (χ4n) is 2.03. The lowest BCUT2D eigenvalue weighted by Crippen LogP contribution is -2.10. The van der Waals surface area contributed by atoms with E-state index in [2.05, 4.69) is 19.9 Å². The van der Waals surface area contributed by atoms with Crippen LogP contribution in [0.4, 0.5) is 0 Å². The highest BCUT2D eigenvalue weighted by molar-refractivity contribution is 5.78. The molecule has 100 valence electrons. The zero-order valence-corrected chi connectivity index (χ0v) is 10.8. The van der Waals surface area contributed by atoms with E-state index in [0.717, 1.165) is 0 Å². The van der Waals surface area contributed by atoms with Crippen LogP contribution in [-0.2, 0) is 6.61 Å². The first-order valence-corrected chi connectivity index (χ1v) is 6.12. The Kier molecular flexibility index (Phi) is 3.00. The van der Waals surface area contributed by atoms with Crippen molar-refractivity contribution in [3.8, 4) is 11.5 Å². The maximum atomic E-state index is 12.0. The molecular weight excluding hydrogens is 256 g/mol. The Morgan fingerprint density at radius 2 is 2.00 bits per heavy atom. The average molecular weight is 268 g/mol. The Morgan fingerprint density at radius 1 is 1.20 bits per heavy atom. The van der Waals surface area contributed by atoms with Gasteiger partial charge in [-0.25, -0.2) is 15.0 Å². The van der Waals surface area contributed by atoms with Gasteiger partial charge in [0.25, 0.3) is 5.56 Å². The van der Waals surface area contributed by atoms with Crippen molar-refractivity contribution in [2.45, 2.75) is 13.5 Å². The zero-order chi connectivity index (χ0) is 14.1. The summed E-state index contributed by atoms with van der Waals surface area (Å²) in [5.74, 6) is 0.671. The molecule has 0 bridgehead atoms. The van der Waals surface area contributed by atoms with Gasteiger partial charge in [0.05, 0.1) is 10.9 Å². The summed E-state index contributed by atoms with van der Waals surface area (Å²) in [7, 11) is 0. The summed E-state index contributed by atoms with van der Waals surface area (Å²) in [5, 5.41) is 9.67. The lowest BCUT2D eigenvalue weighted by Gasteiger charge is -2.05. The Hall–Kier alpha value is -2.60. The summed E-state index contributed by atoms with van der Waals surface area (Å²) in [6.07, 6.45) is 0. The minimum Gasteiger partial charge on any atom is -0.388 e. The van der Waals surface area contributed by atoms with E-state index in [1.807, 2.05) is 6.07 Å². The molecule has 6 heteroatoms. The highest BCUT2D eigenvalue weighted by atomic mass is 16.3. The summed E-state index contributed by atoms with van der Waals surface area (Å²) in [5.41, 5.74) is 1.58. The molecule has 0 fully saturated rings. The SMILES string of the molecule is Cc1cc(-c2nc3ccccc3c(=O)[nH]2)nc(CO)n1. The fourth-order valence-corrected chi connectivity index (χ4v) is 2.03. The molecule has 2 heterocycles. The number of aromatic amines is 1. The molecule has 0 amide bonds. The van der Waals surface area contributed by atoms with E-state index < -0.39 is 0 Å². The van der Waals surface area contributed by atoms with Gasteiger partial charge in [-0.1, -0.05) is 12.1 Å². The maximum absolute atomic E-state index is 12.0. The molecule has 3 aromatic rings. The molecule has 2 aromatic heterocycles. The second kappa shape index (κ2) is 4.82. The summed E-state index contributed by atoms with van der Waals surface area (Å²) in [4.78, 5) is 27.4. The molecule has 0 aliphatic heterocycles. The first-order chi connectivity index (χ1) is 9.67. The third kappa shape index (κ3) is 2.17. The number of nitrogens with zero attached hydrogens (tertiary/aromatic N) is 3. The van der Waals surface area contributed by atoms with Crippen molar-refractivity contribution in [3.05, 3.63) is 52.2 Å². The van der Waals surface area contributed by atoms with E-state index in [-0.39, 0.29) is 12.2 Å². The van der Waals surface area contributed by atoms with Gasteiger partial charge in [0.1, 0.15) is 12.3 Å². The van der Waals surface area contributed by atoms with Crippen molar-refractivity contribution >= 4 is 10.9 Å². The lowest BCUT2D eigenvalue weighted by molar-refractivity contribution is 0.271. The molecule has 0 saturated heterocycles.